The van der Waals surface area contributed by atoms with Crippen LogP contribution in [0.4, 0.5) is 0 Å². The predicted molar refractivity (Wildman–Crippen MR) is 72.3 cm³/mol. The SMILES string of the molecule is O=[N+]1CCC23CCCCC2C1Cc1ccc(O)cc13. The number of piperidine rings is 1. The third-order valence-electron chi connectivity index (χ3n) is 5.77. The zero-order chi connectivity index (χ0) is 13.0. The van der Waals surface area contributed by atoms with E-state index in [0.717, 1.165) is 12.8 Å². The molecule has 1 heterocycles. The van der Waals surface area contributed by atoms with Gasteiger partial charge in [-0.05, 0) is 36.1 Å². The number of nitroso groups, excluding NO2 is 1. The normalized spacial score (nSPS) is 36.5. The van der Waals surface area contributed by atoms with E-state index >= 15 is 0 Å². The first kappa shape index (κ1) is 11.4. The molecular weight excluding hydrogens is 238 g/mol. The van der Waals surface area contributed by atoms with E-state index in [4.69, 9.17) is 0 Å². The average Bonchev–Trinajstić information content (AvgIpc) is 2.43. The summed E-state index contributed by atoms with van der Waals surface area (Å²) in [6.07, 6.45) is 6.72. The van der Waals surface area contributed by atoms with Gasteiger partial charge in [-0.3, -0.25) is 0 Å². The van der Waals surface area contributed by atoms with E-state index in [2.05, 4.69) is 0 Å². The molecule has 3 nitrogen and oxygen atoms in total. The number of fused-ring (bicyclic) bond motifs is 1. The number of phenols is 1. The van der Waals surface area contributed by atoms with Crippen molar-refractivity contribution in [2.75, 3.05) is 6.54 Å². The lowest BCUT2D eigenvalue weighted by Gasteiger charge is -2.51. The Labute approximate surface area is 113 Å². The molecule has 0 aromatic heterocycles. The smallest absolute Gasteiger partial charge is 0.208 e. The van der Waals surface area contributed by atoms with E-state index in [-0.39, 0.29) is 11.5 Å². The first-order valence-electron chi connectivity index (χ1n) is 7.47. The summed E-state index contributed by atoms with van der Waals surface area (Å²) in [5.41, 5.74) is 2.82. The highest BCUT2D eigenvalue weighted by Crippen LogP contribution is 2.55. The molecule has 0 spiro atoms. The molecule has 1 aromatic carbocycles. The number of phenolic OH excluding ortho intramolecular Hbond substituents is 1. The minimum atomic E-state index is 0.172. The molecule has 1 aliphatic heterocycles. The van der Waals surface area contributed by atoms with Gasteiger partial charge in [0.05, 0.1) is 0 Å². The van der Waals surface area contributed by atoms with Gasteiger partial charge < -0.3 is 5.11 Å². The average molecular weight is 258 g/mol. The van der Waals surface area contributed by atoms with Gasteiger partial charge in [0, 0.05) is 33.8 Å². The molecule has 3 aliphatic rings. The van der Waals surface area contributed by atoms with Gasteiger partial charge in [-0.15, -0.1) is 0 Å². The molecule has 19 heavy (non-hydrogen) atoms. The summed E-state index contributed by atoms with van der Waals surface area (Å²) in [5, 5.41) is 9.85. The summed E-state index contributed by atoms with van der Waals surface area (Å²) >= 11 is 0. The minimum Gasteiger partial charge on any atom is -0.508 e. The number of aromatic hydroxyl groups is 1. The van der Waals surface area contributed by atoms with Gasteiger partial charge in [-0.1, -0.05) is 18.9 Å². The van der Waals surface area contributed by atoms with Crippen molar-refractivity contribution in [1.82, 2.24) is 0 Å². The summed E-state index contributed by atoms with van der Waals surface area (Å²) in [6, 6.07) is 5.95. The second kappa shape index (κ2) is 3.81. The fourth-order valence-electron chi connectivity index (χ4n) is 4.96. The van der Waals surface area contributed by atoms with Crippen molar-refractivity contribution in [3.05, 3.63) is 34.2 Å². The molecule has 3 atom stereocenters. The fourth-order valence-corrected chi connectivity index (χ4v) is 4.96. The van der Waals surface area contributed by atoms with Crippen LogP contribution in [0.25, 0.3) is 0 Å². The van der Waals surface area contributed by atoms with E-state index < -0.39 is 0 Å². The molecule has 0 amide bonds. The molecule has 0 radical (unpaired) electrons. The van der Waals surface area contributed by atoms with E-state index in [1.54, 1.807) is 6.07 Å². The van der Waals surface area contributed by atoms with Gasteiger partial charge >= 0.3 is 0 Å². The standard InChI is InChI=1S/C16H19NO2/c18-12-5-4-11-9-15-13-3-1-2-6-16(13,14(11)10-12)7-8-17(15)19/h4-5,10,13,15H,1-3,6-9H2/p+1. The van der Waals surface area contributed by atoms with Crippen molar-refractivity contribution in [1.29, 1.82) is 0 Å². The van der Waals surface area contributed by atoms with Gasteiger partial charge in [0.2, 0.25) is 6.04 Å². The van der Waals surface area contributed by atoms with Crippen LogP contribution in [0.3, 0.4) is 0 Å². The third kappa shape index (κ3) is 1.44. The van der Waals surface area contributed by atoms with Crippen LogP contribution in [0.1, 0.15) is 43.2 Å². The van der Waals surface area contributed by atoms with Gasteiger partial charge in [-0.25, -0.2) is 0 Å². The molecule has 2 aliphatic carbocycles. The minimum absolute atomic E-state index is 0.172. The van der Waals surface area contributed by atoms with Crippen molar-refractivity contribution in [2.24, 2.45) is 5.92 Å². The third-order valence-corrected chi connectivity index (χ3v) is 5.77. The van der Waals surface area contributed by atoms with E-state index in [9.17, 15) is 10.0 Å². The van der Waals surface area contributed by atoms with Crippen molar-refractivity contribution in [3.63, 3.8) is 0 Å². The molecular formula is C16H20NO2+. The van der Waals surface area contributed by atoms with E-state index in [1.807, 2.05) is 12.1 Å². The first-order valence-corrected chi connectivity index (χ1v) is 7.47. The van der Waals surface area contributed by atoms with Gasteiger partial charge in [0.25, 0.3) is 0 Å². The molecule has 1 N–H and O–H groups in total. The highest BCUT2D eigenvalue weighted by atomic mass is 16.3. The number of nitrogens with zero attached hydrogens (tertiary/aromatic N) is 1. The Kier molecular flexibility index (Phi) is 2.30. The Bertz CT molecular complexity index is 554. The van der Waals surface area contributed by atoms with Crippen molar-refractivity contribution >= 4 is 0 Å². The molecule has 1 aromatic rings. The summed E-state index contributed by atoms with van der Waals surface area (Å²) < 4.78 is 1.34. The summed E-state index contributed by atoms with van der Waals surface area (Å²) in [7, 11) is 0. The van der Waals surface area contributed by atoms with Crippen LogP contribution in [-0.2, 0) is 11.8 Å². The molecule has 4 rings (SSSR count). The van der Waals surface area contributed by atoms with Crippen LogP contribution in [0.5, 0.6) is 5.75 Å². The van der Waals surface area contributed by atoms with Gasteiger partial charge in [-0.2, -0.15) is 0 Å². The lowest BCUT2D eigenvalue weighted by atomic mass is 9.53. The molecule has 1 saturated carbocycles. The largest absolute Gasteiger partial charge is 0.508 e. The van der Waals surface area contributed by atoms with Crippen LogP contribution in [0.15, 0.2) is 18.2 Å². The summed E-state index contributed by atoms with van der Waals surface area (Å²) in [4.78, 5) is 12.2. The molecule has 100 valence electrons. The predicted octanol–water partition coefficient (Wildman–Crippen LogP) is 2.93. The lowest BCUT2D eigenvalue weighted by Crippen LogP contribution is -2.57. The molecule has 3 heteroatoms. The fraction of sp³-hybridized carbons (Fsp3) is 0.625. The summed E-state index contributed by atoms with van der Waals surface area (Å²) in [6.45, 7) is 0.663. The Balaban J connectivity index is 1.93. The van der Waals surface area contributed by atoms with Gasteiger partial charge in [0.1, 0.15) is 5.75 Å². The van der Waals surface area contributed by atoms with Crippen LogP contribution in [-0.4, -0.2) is 22.5 Å². The molecule has 1 saturated heterocycles. The number of rotatable bonds is 0. The maximum atomic E-state index is 12.2. The van der Waals surface area contributed by atoms with Crippen molar-refractivity contribution in [2.45, 2.75) is 50.0 Å². The topological polar surface area (TPSA) is 40.3 Å². The van der Waals surface area contributed by atoms with Crippen molar-refractivity contribution in [3.8, 4) is 5.75 Å². The Hall–Kier alpha value is -1.38. The van der Waals surface area contributed by atoms with Crippen LogP contribution in [0, 0.1) is 10.8 Å². The van der Waals surface area contributed by atoms with Crippen LogP contribution < -0.4 is 0 Å². The molecule has 3 unspecified atom stereocenters. The summed E-state index contributed by atoms with van der Waals surface area (Å²) in [5.74, 6) is 0.877. The highest BCUT2D eigenvalue weighted by molar-refractivity contribution is 5.44. The van der Waals surface area contributed by atoms with E-state index in [1.165, 1.54) is 41.6 Å². The number of hydrogen-bond acceptors (Lipinski definition) is 2. The molecule has 2 fully saturated rings. The van der Waals surface area contributed by atoms with Crippen LogP contribution in [0.2, 0.25) is 0 Å². The first-order chi connectivity index (χ1) is 9.21. The zero-order valence-corrected chi connectivity index (χ0v) is 11.1. The second-order valence-corrected chi connectivity index (χ2v) is 6.51. The van der Waals surface area contributed by atoms with E-state index in [0.29, 0.717) is 18.2 Å². The molecule has 2 bridgehead atoms. The Morgan fingerprint density at radius 1 is 1.26 bits per heavy atom. The highest BCUT2D eigenvalue weighted by Gasteiger charge is 2.58. The Morgan fingerprint density at radius 2 is 2.16 bits per heavy atom. The van der Waals surface area contributed by atoms with Gasteiger partial charge in [0.15, 0.2) is 6.54 Å². The lowest BCUT2D eigenvalue weighted by molar-refractivity contribution is -0.612. The number of hydrogen-bond donors (Lipinski definition) is 1. The maximum Gasteiger partial charge on any atom is 0.208 e. The Morgan fingerprint density at radius 3 is 3.05 bits per heavy atom. The van der Waals surface area contributed by atoms with Crippen molar-refractivity contribution < 1.29 is 9.87 Å². The monoisotopic (exact) mass is 258 g/mol. The number of benzene rings is 1. The maximum absolute atomic E-state index is 12.2. The quantitative estimate of drug-likeness (QED) is 0.727. The second-order valence-electron chi connectivity index (χ2n) is 6.51. The van der Waals surface area contributed by atoms with Crippen LogP contribution >= 0.6 is 0 Å². The zero-order valence-electron chi connectivity index (χ0n) is 11.1.